The van der Waals surface area contributed by atoms with Gasteiger partial charge in [0.1, 0.15) is 18.9 Å². The quantitative estimate of drug-likeness (QED) is 0.586. The van der Waals surface area contributed by atoms with Crippen molar-refractivity contribution in [3.8, 4) is 0 Å². The van der Waals surface area contributed by atoms with Gasteiger partial charge in [0.2, 0.25) is 0 Å². The Labute approximate surface area is 188 Å². The Balaban J connectivity index is 1.55. The Hall–Kier alpha value is -3.82. The number of esters is 1. The van der Waals surface area contributed by atoms with Crippen LogP contribution < -0.4 is 11.2 Å². The lowest BCUT2D eigenvalue weighted by atomic mass is 10.2. The molecule has 1 N–H and O–H groups in total. The van der Waals surface area contributed by atoms with Gasteiger partial charge in [0, 0.05) is 23.7 Å². The number of nitrogens with zero attached hydrogens (tertiary/aromatic N) is 2. The van der Waals surface area contributed by atoms with Crippen LogP contribution in [0, 0.1) is 6.92 Å². The second-order valence-electron chi connectivity index (χ2n) is 7.71. The highest BCUT2D eigenvalue weighted by atomic mass is 16.6. The van der Waals surface area contributed by atoms with Gasteiger partial charge in [0.25, 0.3) is 11.5 Å². The number of ether oxygens (including phenoxy) is 2. The molecule has 1 saturated heterocycles. The van der Waals surface area contributed by atoms with E-state index >= 15 is 0 Å². The molecular weight excluding hydrogens is 428 g/mol. The van der Waals surface area contributed by atoms with Gasteiger partial charge in [-0.2, -0.15) is 4.57 Å². The predicted octanol–water partition coefficient (Wildman–Crippen LogP) is 1.51. The summed E-state index contributed by atoms with van der Waals surface area (Å²) >= 11 is 0. The number of carbonyl (C=O) groups excluding carboxylic acids is 2. The molecule has 0 saturated carbocycles. The van der Waals surface area contributed by atoms with Crippen molar-refractivity contribution in [1.29, 1.82) is 0 Å². The molecule has 1 aliphatic rings. The Morgan fingerprint density at radius 3 is 2.27 bits per heavy atom. The Bertz CT molecular complexity index is 1280. The first-order chi connectivity index (χ1) is 15.9. The molecule has 0 radical (unpaired) electrons. The van der Waals surface area contributed by atoms with Crippen molar-refractivity contribution < 1.29 is 24.2 Å². The molecule has 2 aromatic carbocycles. The third-order valence-electron chi connectivity index (χ3n) is 5.41. The average Bonchev–Trinajstić information content (AvgIpc) is 3.21. The van der Waals surface area contributed by atoms with Crippen molar-refractivity contribution in [3.05, 3.63) is 104 Å². The maximum absolute atomic E-state index is 13.1. The number of carbonyl (C=O) groups is 2. The van der Waals surface area contributed by atoms with Crippen LogP contribution in [0.2, 0.25) is 0 Å². The molecule has 1 aromatic heterocycles. The highest BCUT2D eigenvalue weighted by Crippen LogP contribution is 2.28. The number of hydrogen-bond donors (Lipinski definition) is 1. The van der Waals surface area contributed by atoms with Crippen molar-refractivity contribution in [2.75, 3.05) is 6.61 Å². The van der Waals surface area contributed by atoms with E-state index in [-0.39, 0.29) is 24.2 Å². The summed E-state index contributed by atoms with van der Waals surface area (Å²) < 4.78 is 12.7. The second-order valence-corrected chi connectivity index (χ2v) is 7.71. The first kappa shape index (κ1) is 22.4. The Kier molecular flexibility index (Phi) is 6.34. The van der Waals surface area contributed by atoms with Gasteiger partial charge in [-0.05, 0) is 31.2 Å². The molecule has 0 spiro atoms. The number of aromatic nitrogens is 2. The van der Waals surface area contributed by atoms with Crippen molar-refractivity contribution in [1.82, 2.24) is 9.13 Å². The van der Waals surface area contributed by atoms with E-state index in [1.165, 1.54) is 25.3 Å². The van der Waals surface area contributed by atoms with Gasteiger partial charge in [-0.3, -0.25) is 14.2 Å². The van der Waals surface area contributed by atoms with Gasteiger partial charge in [0.15, 0.2) is 0 Å². The lowest BCUT2D eigenvalue weighted by Crippen LogP contribution is -2.45. The summed E-state index contributed by atoms with van der Waals surface area (Å²) in [5.74, 6) is -1.32. The van der Waals surface area contributed by atoms with Crippen LogP contribution in [0.5, 0.6) is 0 Å². The van der Waals surface area contributed by atoms with E-state index in [0.717, 1.165) is 4.57 Å². The fraction of sp³-hybridized carbons (Fsp3) is 0.250. The molecule has 4 rings (SSSR count). The van der Waals surface area contributed by atoms with Gasteiger partial charge in [0.05, 0.1) is 11.7 Å². The molecule has 170 valence electrons. The van der Waals surface area contributed by atoms with E-state index in [4.69, 9.17) is 9.47 Å². The standard InChI is InChI=1S/C24H22N2O7/c1-15-13-25(24(31)26(21(15)28)22(29)16-8-4-2-5-9-16)20-12-18(27)19(33-20)14-32-23(30)17-10-6-3-7-11-17/h2-11,13,18-20,27H,12,14H2,1H3/t18-,19+,20+/m0/s1. The summed E-state index contributed by atoms with van der Waals surface area (Å²) in [6, 6.07) is 16.4. The summed E-state index contributed by atoms with van der Waals surface area (Å²) in [7, 11) is 0. The normalized spacial score (nSPS) is 19.9. The molecule has 1 aliphatic heterocycles. The number of aryl methyl sites for hydroxylation is 1. The Morgan fingerprint density at radius 1 is 1.03 bits per heavy atom. The van der Waals surface area contributed by atoms with Crippen LogP contribution >= 0.6 is 0 Å². The molecule has 9 heteroatoms. The molecule has 0 bridgehead atoms. The van der Waals surface area contributed by atoms with Crippen LogP contribution in [0.15, 0.2) is 76.4 Å². The number of hydrogen-bond acceptors (Lipinski definition) is 7. The topological polar surface area (TPSA) is 117 Å². The van der Waals surface area contributed by atoms with Crippen LogP contribution in [0.4, 0.5) is 0 Å². The smallest absolute Gasteiger partial charge is 0.340 e. The zero-order chi connectivity index (χ0) is 23.5. The van der Waals surface area contributed by atoms with Crippen LogP contribution in [-0.4, -0.2) is 44.9 Å². The van der Waals surface area contributed by atoms with Gasteiger partial charge in [-0.1, -0.05) is 36.4 Å². The van der Waals surface area contributed by atoms with Gasteiger partial charge in [-0.15, -0.1) is 0 Å². The molecule has 33 heavy (non-hydrogen) atoms. The van der Waals surface area contributed by atoms with Gasteiger partial charge in [-0.25, -0.2) is 9.59 Å². The van der Waals surface area contributed by atoms with Crippen molar-refractivity contribution >= 4 is 11.9 Å². The summed E-state index contributed by atoms with van der Waals surface area (Å²) in [5.41, 5.74) is -0.890. The van der Waals surface area contributed by atoms with E-state index in [0.29, 0.717) is 10.1 Å². The van der Waals surface area contributed by atoms with Crippen LogP contribution in [0.1, 0.15) is 38.9 Å². The Morgan fingerprint density at radius 2 is 1.64 bits per heavy atom. The lowest BCUT2D eigenvalue weighted by molar-refractivity contribution is -0.0534. The zero-order valence-electron chi connectivity index (χ0n) is 17.8. The van der Waals surface area contributed by atoms with Crippen molar-refractivity contribution in [2.45, 2.75) is 31.8 Å². The maximum Gasteiger partial charge on any atom is 0.340 e. The SMILES string of the molecule is Cc1cn([C@H]2C[C@H](O)[C@@H](COC(=O)c3ccccc3)O2)c(=O)n(C(=O)c2ccccc2)c1=O. The fourth-order valence-corrected chi connectivity index (χ4v) is 3.64. The molecule has 0 aliphatic carbocycles. The van der Waals surface area contributed by atoms with E-state index < -0.39 is 41.6 Å². The van der Waals surface area contributed by atoms with E-state index in [9.17, 15) is 24.3 Å². The minimum Gasteiger partial charge on any atom is -0.459 e. The molecule has 0 amide bonds. The summed E-state index contributed by atoms with van der Waals surface area (Å²) in [4.78, 5) is 50.7. The van der Waals surface area contributed by atoms with Crippen LogP contribution in [-0.2, 0) is 9.47 Å². The number of aliphatic hydroxyl groups is 1. The zero-order valence-corrected chi connectivity index (χ0v) is 17.8. The summed E-state index contributed by atoms with van der Waals surface area (Å²) in [6.45, 7) is 1.26. The first-order valence-corrected chi connectivity index (χ1v) is 10.4. The molecular formula is C24H22N2O7. The maximum atomic E-state index is 13.1. The first-order valence-electron chi connectivity index (χ1n) is 10.4. The second kappa shape index (κ2) is 9.35. The van der Waals surface area contributed by atoms with Gasteiger partial charge < -0.3 is 14.6 Å². The average molecular weight is 450 g/mol. The van der Waals surface area contributed by atoms with Crippen LogP contribution in [0.25, 0.3) is 0 Å². The summed E-state index contributed by atoms with van der Waals surface area (Å²) in [5, 5.41) is 10.4. The predicted molar refractivity (Wildman–Crippen MR) is 117 cm³/mol. The van der Waals surface area contributed by atoms with Crippen molar-refractivity contribution in [2.24, 2.45) is 0 Å². The minimum atomic E-state index is -1.02. The summed E-state index contributed by atoms with van der Waals surface area (Å²) in [6.07, 6.45) is -1.52. The third-order valence-corrected chi connectivity index (χ3v) is 5.41. The van der Waals surface area contributed by atoms with E-state index in [1.54, 1.807) is 48.5 Å². The molecule has 3 aromatic rings. The molecule has 1 fully saturated rings. The highest BCUT2D eigenvalue weighted by molar-refractivity contribution is 5.95. The fourth-order valence-electron chi connectivity index (χ4n) is 3.64. The van der Waals surface area contributed by atoms with Gasteiger partial charge >= 0.3 is 11.7 Å². The third kappa shape index (κ3) is 4.55. The monoisotopic (exact) mass is 450 g/mol. The van der Waals surface area contributed by atoms with Crippen molar-refractivity contribution in [3.63, 3.8) is 0 Å². The van der Waals surface area contributed by atoms with E-state index in [2.05, 4.69) is 0 Å². The number of rotatable bonds is 5. The highest BCUT2D eigenvalue weighted by Gasteiger charge is 2.37. The molecule has 3 atom stereocenters. The molecule has 2 heterocycles. The van der Waals surface area contributed by atoms with E-state index in [1.807, 2.05) is 0 Å². The largest absolute Gasteiger partial charge is 0.459 e. The molecule has 0 unspecified atom stereocenters. The number of benzene rings is 2. The molecule has 9 nitrogen and oxygen atoms in total. The lowest BCUT2D eigenvalue weighted by Gasteiger charge is -2.18. The number of aliphatic hydroxyl groups excluding tert-OH is 1. The minimum absolute atomic E-state index is 0.0185. The van der Waals surface area contributed by atoms with Crippen LogP contribution in [0.3, 0.4) is 0 Å².